The average Bonchev–Trinajstić information content (AvgIpc) is 2.91. The lowest BCUT2D eigenvalue weighted by atomic mass is 10.1. The maximum absolute atomic E-state index is 12.1. The first-order valence-electron chi connectivity index (χ1n) is 7.37. The fourth-order valence-corrected chi connectivity index (χ4v) is 4.08. The second-order valence-corrected chi connectivity index (χ2v) is 6.51. The molecule has 4 rings (SSSR count). The van der Waals surface area contributed by atoms with E-state index in [9.17, 15) is 4.79 Å². The lowest BCUT2D eigenvalue weighted by Crippen LogP contribution is -2.56. The van der Waals surface area contributed by atoms with E-state index in [1.165, 1.54) is 20.2 Å². The standard InChI is InChI=1S/C18H16N2OS.H2O/c1-3-20-18(21)15(19(20)2)11-12-8-9-17-14(10-12)13-6-4-5-7-16(13)22-17;/h4-11H,3H2,1-2H3;1H2/b15-11+;. The van der Waals surface area contributed by atoms with Crippen molar-refractivity contribution in [3.63, 3.8) is 0 Å². The summed E-state index contributed by atoms with van der Waals surface area (Å²) >= 11 is 1.81. The molecule has 1 fully saturated rings. The molecule has 2 aromatic carbocycles. The van der Waals surface area contributed by atoms with Crippen LogP contribution >= 0.6 is 11.3 Å². The summed E-state index contributed by atoms with van der Waals surface area (Å²) in [5.74, 6) is 0.0975. The van der Waals surface area contributed by atoms with Crippen LogP contribution in [0.2, 0.25) is 0 Å². The van der Waals surface area contributed by atoms with Crippen LogP contribution in [0.25, 0.3) is 26.2 Å². The Balaban J connectivity index is 0.00000156. The van der Waals surface area contributed by atoms with Crippen LogP contribution in [0.3, 0.4) is 0 Å². The van der Waals surface area contributed by atoms with Crippen LogP contribution in [-0.4, -0.2) is 35.0 Å². The molecule has 1 aliphatic rings. The van der Waals surface area contributed by atoms with E-state index in [-0.39, 0.29) is 11.4 Å². The lowest BCUT2D eigenvalue weighted by molar-refractivity contribution is -0.158. The number of fused-ring (bicyclic) bond motifs is 3. The van der Waals surface area contributed by atoms with E-state index in [2.05, 4.69) is 42.5 Å². The number of amides is 1. The molecule has 0 bridgehead atoms. The van der Waals surface area contributed by atoms with Crippen molar-refractivity contribution in [2.45, 2.75) is 6.92 Å². The first-order chi connectivity index (χ1) is 10.7. The molecule has 3 aromatic rings. The van der Waals surface area contributed by atoms with Gasteiger partial charge in [-0.1, -0.05) is 24.3 Å². The van der Waals surface area contributed by atoms with Crippen LogP contribution < -0.4 is 0 Å². The third-order valence-electron chi connectivity index (χ3n) is 4.17. The van der Waals surface area contributed by atoms with Crippen LogP contribution in [0.1, 0.15) is 12.5 Å². The second kappa shape index (κ2) is 5.68. The highest BCUT2D eigenvalue weighted by Crippen LogP contribution is 2.35. The van der Waals surface area contributed by atoms with Gasteiger partial charge in [0.1, 0.15) is 5.70 Å². The van der Waals surface area contributed by atoms with Crippen LogP contribution in [0.5, 0.6) is 0 Å². The first kappa shape index (κ1) is 15.5. The highest BCUT2D eigenvalue weighted by molar-refractivity contribution is 7.25. The van der Waals surface area contributed by atoms with Gasteiger partial charge in [0.25, 0.3) is 5.91 Å². The molecule has 2 N–H and O–H groups in total. The van der Waals surface area contributed by atoms with E-state index in [1.54, 1.807) is 5.01 Å². The van der Waals surface area contributed by atoms with Gasteiger partial charge in [-0.05, 0) is 36.8 Å². The topological polar surface area (TPSA) is 55.1 Å². The molecule has 0 aliphatic carbocycles. The molecule has 0 spiro atoms. The Morgan fingerprint density at radius 2 is 1.83 bits per heavy atom. The maximum Gasteiger partial charge on any atom is 0.290 e. The van der Waals surface area contributed by atoms with Crippen molar-refractivity contribution in [2.75, 3.05) is 13.6 Å². The largest absolute Gasteiger partial charge is 0.412 e. The average molecular weight is 326 g/mol. The summed E-state index contributed by atoms with van der Waals surface area (Å²) in [5.41, 5.74) is 1.82. The fourth-order valence-electron chi connectivity index (χ4n) is 2.99. The number of carbonyl (C=O) groups is 1. The number of nitrogens with zero attached hydrogens (tertiary/aromatic N) is 2. The number of thiophene rings is 1. The Kier molecular flexibility index (Phi) is 3.83. The highest BCUT2D eigenvalue weighted by atomic mass is 32.1. The lowest BCUT2D eigenvalue weighted by Gasteiger charge is -2.43. The van der Waals surface area contributed by atoms with Crippen molar-refractivity contribution >= 4 is 43.5 Å². The summed E-state index contributed by atoms with van der Waals surface area (Å²) in [4.78, 5) is 12.1. The summed E-state index contributed by atoms with van der Waals surface area (Å²) in [6.07, 6.45) is 1.97. The van der Waals surface area contributed by atoms with Crippen molar-refractivity contribution in [2.24, 2.45) is 0 Å². The van der Waals surface area contributed by atoms with Crippen molar-refractivity contribution in [1.82, 2.24) is 10.0 Å². The van der Waals surface area contributed by atoms with Gasteiger partial charge >= 0.3 is 0 Å². The molecule has 118 valence electrons. The monoisotopic (exact) mass is 326 g/mol. The molecule has 1 aliphatic heterocycles. The molecular weight excluding hydrogens is 308 g/mol. The first-order valence-corrected chi connectivity index (χ1v) is 8.19. The van der Waals surface area contributed by atoms with Crippen molar-refractivity contribution < 1.29 is 10.3 Å². The number of carbonyl (C=O) groups excluding carboxylic acids is 1. The van der Waals surface area contributed by atoms with E-state index in [0.717, 1.165) is 11.3 Å². The van der Waals surface area contributed by atoms with Crippen LogP contribution in [-0.2, 0) is 4.79 Å². The van der Waals surface area contributed by atoms with Gasteiger partial charge in [-0.2, -0.15) is 0 Å². The molecule has 0 radical (unpaired) electrons. The Hall–Kier alpha value is -2.37. The molecule has 23 heavy (non-hydrogen) atoms. The molecule has 2 heterocycles. The minimum Gasteiger partial charge on any atom is -0.412 e. The SMILES string of the molecule is CCN1C(=O)/C(=C\c2ccc3sc4ccccc4c3c2)N1C.O. The van der Waals surface area contributed by atoms with E-state index >= 15 is 0 Å². The molecule has 0 unspecified atom stereocenters. The highest BCUT2D eigenvalue weighted by Gasteiger charge is 2.35. The predicted octanol–water partition coefficient (Wildman–Crippen LogP) is 3.28. The third-order valence-corrected chi connectivity index (χ3v) is 5.32. The van der Waals surface area contributed by atoms with E-state index in [1.807, 2.05) is 36.4 Å². The van der Waals surface area contributed by atoms with Crippen molar-refractivity contribution in [1.29, 1.82) is 0 Å². The van der Waals surface area contributed by atoms with E-state index < -0.39 is 0 Å². The summed E-state index contributed by atoms with van der Waals surface area (Å²) in [6.45, 7) is 2.69. The molecule has 1 saturated heterocycles. The maximum atomic E-state index is 12.1. The summed E-state index contributed by atoms with van der Waals surface area (Å²) in [6, 6.07) is 14.9. The Morgan fingerprint density at radius 3 is 2.57 bits per heavy atom. The van der Waals surface area contributed by atoms with Crippen molar-refractivity contribution in [3.8, 4) is 0 Å². The number of hydrogen-bond donors (Lipinski definition) is 0. The zero-order valence-electron chi connectivity index (χ0n) is 13.0. The van der Waals surface area contributed by atoms with Gasteiger partial charge in [0.15, 0.2) is 0 Å². The Labute approximate surface area is 138 Å². The summed E-state index contributed by atoms with van der Waals surface area (Å²) in [5, 5.41) is 6.19. The smallest absolute Gasteiger partial charge is 0.290 e. The van der Waals surface area contributed by atoms with Gasteiger partial charge in [0.2, 0.25) is 0 Å². The minimum absolute atomic E-state index is 0. The molecule has 4 nitrogen and oxygen atoms in total. The predicted molar refractivity (Wildman–Crippen MR) is 96.1 cm³/mol. The summed E-state index contributed by atoms with van der Waals surface area (Å²) < 4.78 is 2.59. The molecule has 5 heteroatoms. The number of hydrogen-bond acceptors (Lipinski definition) is 3. The molecule has 0 atom stereocenters. The normalized spacial score (nSPS) is 16.1. The Bertz CT molecular complexity index is 929. The molecule has 0 saturated carbocycles. The molecule has 1 aromatic heterocycles. The van der Waals surface area contributed by atoms with Crippen LogP contribution in [0.15, 0.2) is 48.2 Å². The van der Waals surface area contributed by atoms with Gasteiger partial charge < -0.3 is 5.48 Å². The Morgan fingerprint density at radius 1 is 1.09 bits per heavy atom. The van der Waals surface area contributed by atoms with Gasteiger partial charge in [0, 0.05) is 33.8 Å². The number of hydrazine groups is 1. The quantitative estimate of drug-likeness (QED) is 0.679. The van der Waals surface area contributed by atoms with Gasteiger partial charge in [-0.25, -0.2) is 5.01 Å². The number of likely N-dealkylation sites (N-methyl/N-ethyl adjacent to an activating group) is 2. The minimum atomic E-state index is 0. The number of benzene rings is 2. The zero-order chi connectivity index (χ0) is 15.3. The van der Waals surface area contributed by atoms with Gasteiger partial charge in [-0.15, -0.1) is 11.3 Å². The third kappa shape index (κ3) is 2.29. The van der Waals surface area contributed by atoms with Crippen molar-refractivity contribution in [3.05, 3.63) is 53.7 Å². The zero-order valence-corrected chi connectivity index (χ0v) is 13.9. The summed E-state index contributed by atoms with van der Waals surface area (Å²) in [7, 11) is 1.93. The molecular formula is C18H18N2O2S. The second-order valence-electron chi connectivity index (χ2n) is 5.43. The van der Waals surface area contributed by atoms with Gasteiger partial charge in [-0.3, -0.25) is 9.80 Å². The van der Waals surface area contributed by atoms with Crippen LogP contribution in [0, 0.1) is 0 Å². The van der Waals surface area contributed by atoms with E-state index in [4.69, 9.17) is 0 Å². The fraction of sp³-hybridized carbons (Fsp3) is 0.167. The number of rotatable bonds is 2. The van der Waals surface area contributed by atoms with Gasteiger partial charge in [0.05, 0.1) is 0 Å². The van der Waals surface area contributed by atoms with Crippen LogP contribution in [0.4, 0.5) is 0 Å². The van der Waals surface area contributed by atoms with E-state index in [0.29, 0.717) is 6.54 Å². The molecule has 1 amide bonds.